The molecule has 15 heavy (non-hydrogen) atoms. The Bertz CT molecular complexity index is 240. The molecule has 0 fully saturated rings. The van der Waals surface area contributed by atoms with Crippen molar-refractivity contribution in [2.45, 2.75) is 32.2 Å². The van der Waals surface area contributed by atoms with Crippen LogP contribution in [0, 0.1) is 0 Å². The number of hydrogen-bond acceptors (Lipinski definition) is 4. The molecule has 0 saturated heterocycles. The summed E-state index contributed by atoms with van der Waals surface area (Å²) in [5.41, 5.74) is 0. The normalized spacial score (nSPS) is 14.1. The van der Waals surface area contributed by atoms with Gasteiger partial charge in [0.15, 0.2) is 0 Å². The summed E-state index contributed by atoms with van der Waals surface area (Å²) >= 11 is 0. The Labute approximate surface area is 91.9 Å². The Hall–Kier alpha value is -0.170. The fourth-order valence-corrected chi connectivity index (χ4v) is 2.62. The van der Waals surface area contributed by atoms with E-state index in [4.69, 9.17) is 9.84 Å². The van der Waals surface area contributed by atoms with E-state index in [1.165, 1.54) is 0 Å². The Kier molecular flexibility index (Phi) is 7.95. The van der Waals surface area contributed by atoms with Gasteiger partial charge in [-0.15, -0.1) is 0 Å². The highest BCUT2D eigenvalue weighted by Gasteiger charge is 2.15. The van der Waals surface area contributed by atoms with Crippen molar-refractivity contribution in [1.29, 1.82) is 0 Å². The topological polar surface area (TPSA) is 75.6 Å². The molecule has 0 heterocycles. The minimum Gasteiger partial charge on any atom is -0.396 e. The highest BCUT2D eigenvalue weighted by atomic mass is 32.2. The molecule has 6 heteroatoms. The summed E-state index contributed by atoms with van der Waals surface area (Å²) in [4.78, 5) is 0. The molecule has 5 nitrogen and oxygen atoms in total. The van der Waals surface area contributed by atoms with Gasteiger partial charge in [-0.2, -0.15) is 0 Å². The first kappa shape index (κ1) is 14.8. The van der Waals surface area contributed by atoms with E-state index < -0.39 is 10.0 Å². The quantitative estimate of drug-likeness (QED) is 0.560. The van der Waals surface area contributed by atoms with Crippen LogP contribution >= 0.6 is 0 Å². The van der Waals surface area contributed by atoms with E-state index in [2.05, 4.69) is 4.72 Å². The molecule has 0 saturated carbocycles. The third-order valence-electron chi connectivity index (χ3n) is 2.08. The lowest BCUT2D eigenvalue weighted by Gasteiger charge is -2.15. The summed E-state index contributed by atoms with van der Waals surface area (Å²) < 4.78 is 30.3. The fraction of sp³-hybridized carbons (Fsp3) is 1.00. The number of aliphatic hydroxyl groups excluding tert-OH is 1. The first-order chi connectivity index (χ1) is 7.05. The standard InChI is InChI=1S/C9H21NO4S/c1-3-9(5-6-11)10-15(12,13)8-4-7-14-2/h9-11H,3-8H2,1-2H3. The van der Waals surface area contributed by atoms with Crippen molar-refractivity contribution in [2.75, 3.05) is 26.1 Å². The Morgan fingerprint density at radius 3 is 2.60 bits per heavy atom. The van der Waals surface area contributed by atoms with Crippen LogP contribution in [0.2, 0.25) is 0 Å². The Balaban J connectivity index is 3.99. The third kappa shape index (κ3) is 7.72. The number of methoxy groups -OCH3 is 1. The molecule has 0 aromatic rings. The molecule has 92 valence electrons. The zero-order valence-electron chi connectivity index (χ0n) is 9.40. The van der Waals surface area contributed by atoms with Crippen molar-refractivity contribution < 1.29 is 18.3 Å². The minimum absolute atomic E-state index is 0.000895. The van der Waals surface area contributed by atoms with Crippen LogP contribution in [0.15, 0.2) is 0 Å². The average molecular weight is 239 g/mol. The van der Waals surface area contributed by atoms with Crippen molar-refractivity contribution in [2.24, 2.45) is 0 Å². The van der Waals surface area contributed by atoms with Gasteiger partial charge in [-0.3, -0.25) is 0 Å². The maximum Gasteiger partial charge on any atom is 0.211 e. The van der Waals surface area contributed by atoms with E-state index >= 15 is 0 Å². The van der Waals surface area contributed by atoms with Crippen molar-refractivity contribution in [3.8, 4) is 0 Å². The summed E-state index contributed by atoms with van der Waals surface area (Å²) in [5.74, 6) is 0.0722. The second-order valence-corrected chi connectivity index (χ2v) is 5.27. The van der Waals surface area contributed by atoms with E-state index in [1.54, 1.807) is 7.11 Å². The van der Waals surface area contributed by atoms with Crippen LogP contribution in [0.25, 0.3) is 0 Å². The molecule has 0 radical (unpaired) electrons. The van der Waals surface area contributed by atoms with Crippen LogP contribution in [0.1, 0.15) is 26.2 Å². The minimum atomic E-state index is -3.23. The van der Waals surface area contributed by atoms with Crippen molar-refractivity contribution in [3.63, 3.8) is 0 Å². The first-order valence-corrected chi connectivity index (χ1v) is 6.80. The highest BCUT2D eigenvalue weighted by molar-refractivity contribution is 7.89. The van der Waals surface area contributed by atoms with E-state index in [0.717, 1.165) is 0 Å². The second-order valence-electron chi connectivity index (χ2n) is 3.40. The lowest BCUT2D eigenvalue weighted by atomic mass is 10.2. The van der Waals surface area contributed by atoms with Crippen LogP contribution in [0.5, 0.6) is 0 Å². The molecule has 2 N–H and O–H groups in total. The zero-order chi connectivity index (χ0) is 11.7. The molecule has 1 atom stereocenters. The number of rotatable bonds is 9. The van der Waals surface area contributed by atoms with Gasteiger partial charge in [-0.25, -0.2) is 13.1 Å². The Morgan fingerprint density at radius 1 is 1.47 bits per heavy atom. The number of aliphatic hydroxyl groups is 1. The first-order valence-electron chi connectivity index (χ1n) is 5.15. The van der Waals surface area contributed by atoms with Crippen molar-refractivity contribution in [1.82, 2.24) is 4.72 Å². The largest absolute Gasteiger partial charge is 0.396 e. The lowest BCUT2D eigenvalue weighted by molar-refractivity contribution is 0.199. The summed E-state index contributed by atoms with van der Waals surface area (Å²) in [7, 11) is -1.69. The molecule has 0 bridgehead atoms. The summed E-state index contributed by atoms with van der Waals surface area (Å²) in [6.45, 7) is 2.33. The third-order valence-corrected chi connectivity index (χ3v) is 3.60. The molecule has 0 aliphatic heterocycles. The molecule has 0 rings (SSSR count). The molecule has 0 aromatic carbocycles. The van der Waals surface area contributed by atoms with Gasteiger partial charge in [-0.05, 0) is 19.3 Å². The van der Waals surface area contributed by atoms with Crippen LogP contribution in [-0.2, 0) is 14.8 Å². The predicted octanol–water partition coefficient (Wildman–Crippen LogP) is 0.103. The monoisotopic (exact) mass is 239 g/mol. The van der Waals surface area contributed by atoms with E-state index in [9.17, 15) is 8.42 Å². The van der Waals surface area contributed by atoms with Crippen LogP contribution in [0.4, 0.5) is 0 Å². The van der Waals surface area contributed by atoms with Gasteiger partial charge in [0.2, 0.25) is 10.0 Å². The van der Waals surface area contributed by atoms with Gasteiger partial charge < -0.3 is 9.84 Å². The van der Waals surface area contributed by atoms with Crippen LogP contribution in [-0.4, -0.2) is 45.6 Å². The van der Waals surface area contributed by atoms with Crippen molar-refractivity contribution in [3.05, 3.63) is 0 Å². The van der Waals surface area contributed by atoms with Gasteiger partial charge in [0, 0.05) is 26.4 Å². The molecule has 0 aliphatic rings. The van der Waals surface area contributed by atoms with Crippen molar-refractivity contribution >= 4 is 10.0 Å². The second kappa shape index (κ2) is 8.04. The van der Waals surface area contributed by atoms with Gasteiger partial charge in [0.25, 0.3) is 0 Å². The van der Waals surface area contributed by atoms with E-state index in [-0.39, 0.29) is 18.4 Å². The SMILES string of the molecule is CCC(CCO)NS(=O)(=O)CCCOC. The smallest absolute Gasteiger partial charge is 0.211 e. The number of sulfonamides is 1. The molecule has 0 amide bonds. The molecule has 0 spiro atoms. The summed E-state index contributed by atoms with van der Waals surface area (Å²) in [6.07, 6.45) is 1.63. The maximum atomic E-state index is 11.5. The fourth-order valence-electron chi connectivity index (χ4n) is 1.21. The highest BCUT2D eigenvalue weighted by Crippen LogP contribution is 2.00. The number of nitrogens with one attached hydrogen (secondary N) is 1. The van der Waals surface area contributed by atoms with Gasteiger partial charge in [0.1, 0.15) is 0 Å². The zero-order valence-corrected chi connectivity index (χ0v) is 10.2. The van der Waals surface area contributed by atoms with Crippen LogP contribution in [0.3, 0.4) is 0 Å². The number of hydrogen-bond donors (Lipinski definition) is 2. The molecular weight excluding hydrogens is 218 g/mol. The number of ether oxygens (including phenoxy) is 1. The van der Waals surface area contributed by atoms with E-state index in [0.29, 0.717) is 25.9 Å². The average Bonchev–Trinajstić information content (AvgIpc) is 2.17. The maximum absolute atomic E-state index is 11.5. The van der Waals surface area contributed by atoms with Gasteiger partial charge in [0.05, 0.1) is 5.75 Å². The van der Waals surface area contributed by atoms with Gasteiger partial charge in [-0.1, -0.05) is 6.92 Å². The summed E-state index contributed by atoms with van der Waals surface area (Å²) in [5, 5.41) is 8.72. The molecule has 1 unspecified atom stereocenters. The van der Waals surface area contributed by atoms with E-state index in [1.807, 2.05) is 6.92 Å². The Morgan fingerprint density at radius 2 is 2.13 bits per heavy atom. The molecular formula is C9H21NO4S. The van der Waals surface area contributed by atoms with Gasteiger partial charge >= 0.3 is 0 Å². The summed E-state index contributed by atoms with van der Waals surface area (Å²) in [6, 6.07) is -0.164. The molecule has 0 aromatic heterocycles. The lowest BCUT2D eigenvalue weighted by Crippen LogP contribution is -2.36. The molecule has 0 aliphatic carbocycles. The predicted molar refractivity (Wildman–Crippen MR) is 59.2 cm³/mol. The van der Waals surface area contributed by atoms with Crippen LogP contribution < -0.4 is 4.72 Å².